The SMILES string of the molecule is O=C(CN1C(=O)CC2(CCCCC2)C1=O)NCC(=O)Nc1ccc(F)c(F)c1F. The van der Waals surface area contributed by atoms with Gasteiger partial charge < -0.3 is 10.6 Å². The molecule has 156 valence electrons. The van der Waals surface area contributed by atoms with Crippen LogP contribution in [0.4, 0.5) is 18.9 Å². The van der Waals surface area contributed by atoms with Crippen molar-refractivity contribution < 1.29 is 32.3 Å². The first kappa shape index (κ1) is 20.8. The second-order valence-corrected chi connectivity index (χ2v) is 7.35. The summed E-state index contributed by atoms with van der Waals surface area (Å²) in [6.45, 7) is -1.11. The third-order valence-corrected chi connectivity index (χ3v) is 5.36. The standard InChI is InChI=1S/C19H20F3N3O4/c20-11-4-5-12(17(22)16(11)21)24-13(26)9-23-14(27)10-25-15(28)8-19(18(25)29)6-2-1-3-7-19/h4-5H,1-3,6-10H2,(H,23,27)(H,24,26). The van der Waals surface area contributed by atoms with E-state index >= 15 is 0 Å². The van der Waals surface area contributed by atoms with Crippen molar-refractivity contribution in [2.75, 3.05) is 18.4 Å². The summed E-state index contributed by atoms with van der Waals surface area (Å²) in [6.07, 6.45) is 4.07. The van der Waals surface area contributed by atoms with Gasteiger partial charge in [0.25, 0.3) is 0 Å². The third kappa shape index (κ3) is 4.25. The highest BCUT2D eigenvalue weighted by Gasteiger charge is 2.51. The molecule has 2 N–H and O–H groups in total. The van der Waals surface area contributed by atoms with Crippen LogP contribution in [0.1, 0.15) is 38.5 Å². The number of benzene rings is 1. The van der Waals surface area contributed by atoms with E-state index in [4.69, 9.17) is 0 Å². The highest BCUT2D eigenvalue weighted by Crippen LogP contribution is 2.45. The van der Waals surface area contributed by atoms with Gasteiger partial charge in [0.05, 0.1) is 17.6 Å². The Morgan fingerprint density at radius 2 is 1.69 bits per heavy atom. The molecule has 0 radical (unpaired) electrons. The number of hydrogen-bond acceptors (Lipinski definition) is 4. The molecular weight excluding hydrogens is 391 g/mol. The van der Waals surface area contributed by atoms with Crippen LogP contribution < -0.4 is 10.6 Å². The van der Waals surface area contributed by atoms with Gasteiger partial charge in [-0.1, -0.05) is 19.3 Å². The molecule has 0 unspecified atom stereocenters. The van der Waals surface area contributed by atoms with E-state index in [1.54, 1.807) is 0 Å². The highest BCUT2D eigenvalue weighted by molar-refractivity contribution is 6.08. The largest absolute Gasteiger partial charge is 0.345 e. The minimum absolute atomic E-state index is 0.0923. The zero-order valence-corrected chi connectivity index (χ0v) is 15.5. The van der Waals surface area contributed by atoms with Gasteiger partial charge >= 0.3 is 0 Å². The number of nitrogens with zero attached hydrogens (tertiary/aromatic N) is 1. The van der Waals surface area contributed by atoms with Crippen LogP contribution >= 0.6 is 0 Å². The maximum Gasteiger partial charge on any atom is 0.243 e. The molecule has 10 heteroatoms. The summed E-state index contributed by atoms with van der Waals surface area (Å²) < 4.78 is 39.6. The number of halogens is 3. The second-order valence-electron chi connectivity index (χ2n) is 7.35. The smallest absolute Gasteiger partial charge is 0.243 e. The Kier molecular flexibility index (Phi) is 5.90. The molecule has 1 aromatic carbocycles. The molecule has 7 nitrogen and oxygen atoms in total. The molecule has 1 aromatic rings. The van der Waals surface area contributed by atoms with Gasteiger partial charge in [0.15, 0.2) is 17.5 Å². The molecule has 4 amide bonds. The number of amides is 4. The number of hydrogen-bond donors (Lipinski definition) is 2. The number of nitrogens with one attached hydrogen (secondary N) is 2. The van der Waals surface area contributed by atoms with Gasteiger partial charge in [0.2, 0.25) is 23.6 Å². The fraction of sp³-hybridized carbons (Fsp3) is 0.474. The van der Waals surface area contributed by atoms with Crippen molar-refractivity contribution in [2.24, 2.45) is 5.41 Å². The van der Waals surface area contributed by atoms with Gasteiger partial charge in [0.1, 0.15) is 6.54 Å². The first-order valence-corrected chi connectivity index (χ1v) is 9.28. The van der Waals surface area contributed by atoms with Gasteiger partial charge in [-0.2, -0.15) is 0 Å². The topological polar surface area (TPSA) is 95.6 Å². The van der Waals surface area contributed by atoms with Gasteiger partial charge in [-0.15, -0.1) is 0 Å². The van der Waals surface area contributed by atoms with E-state index in [-0.39, 0.29) is 12.3 Å². The summed E-state index contributed by atoms with van der Waals surface area (Å²) in [5, 5.41) is 4.23. The minimum Gasteiger partial charge on any atom is -0.345 e. The van der Waals surface area contributed by atoms with Crippen LogP contribution in [0.5, 0.6) is 0 Å². The third-order valence-electron chi connectivity index (χ3n) is 5.36. The molecule has 3 rings (SSSR count). The van der Waals surface area contributed by atoms with Crippen molar-refractivity contribution in [1.82, 2.24) is 10.2 Å². The van der Waals surface area contributed by atoms with Gasteiger partial charge in [-0.05, 0) is 25.0 Å². The first-order chi connectivity index (χ1) is 13.7. The van der Waals surface area contributed by atoms with Gasteiger partial charge in [-0.25, -0.2) is 13.2 Å². The number of carbonyl (C=O) groups excluding carboxylic acids is 4. The summed E-state index contributed by atoms with van der Waals surface area (Å²) in [7, 11) is 0. The van der Waals surface area contributed by atoms with Crippen LogP contribution in [0.2, 0.25) is 0 Å². The molecule has 0 atom stereocenters. The number of rotatable bonds is 5. The molecule has 2 fully saturated rings. The fourth-order valence-electron chi connectivity index (χ4n) is 3.83. The van der Waals surface area contributed by atoms with Gasteiger partial charge in [0, 0.05) is 6.42 Å². The lowest BCUT2D eigenvalue weighted by molar-refractivity contribution is -0.145. The molecule has 29 heavy (non-hydrogen) atoms. The first-order valence-electron chi connectivity index (χ1n) is 9.28. The Hall–Kier alpha value is -2.91. The van der Waals surface area contributed by atoms with Crippen molar-refractivity contribution >= 4 is 29.3 Å². The van der Waals surface area contributed by atoms with Crippen LogP contribution in [0, 0.1) is 22.9 Å². The Morgan fingerprint density at radius 1 is 1.00 bits per heavy atom. The Labute approximate surface area is 164 Å². The van der Waals surface area contributed by atoms with Crippen LogP contribution in [-0.2, 0) is 19.2 Å². The van der Waals surface area contributed by atoms with Crippen LogP contribution in [-0.4, -0.2) is 41.6 Å². The number of carbonyl (C=O) groups is 4. The van der Waals surface area contributed by atoms with Crippen molar-refractivity contribution in [3.05, 3.63) is 29.6 Å². The quantitative estimate of drug-likeness (QED) is 0.571. The Bertz CT molecular complexity index is 869. The maximum absolute atomic E-state index is 13.6. The van der Waals surface area contributed by atoms with E-state index in [1.807, 2.05) is 5.32 Å². The van der Waals surface area contributed by atoms with E-state index in [2.05, 4.69) is 5.32 Å². The van der Waals surface area contributed by atoms with E-state index in [1.165, 1.54) is 0 Å². The lowest BCUT2D eigenvalue weighted by atomic mass is 9.73. The molecule has 1 spiro atoms. The number of imide groups is 1. The normalized spacial score (nSPS) is 18.2. The van der Waals surface area contributed by atoms with E-state index < -0.39 is 59.4 Å². The van der Waals surface area contributed by atoms with E-state index in [0.717, 1.165) is 30.2 Å². The zero-order valence-electron chi connectivity index (χ0n) is 15.5. The van der Waals surface area contributed by atoms with Crippen molar-refractivity contribution in [1.29, 1.82) is 0 Å². The predicted molar refractivity (Wildman–Crippen MR) is 94.8 cm³/mol. The lowest BCUT2D eigenvalue weighted by Crippen LogP contribution is -2.44. The fourth-order valence-corrected chi connectivity index (χ4v) is 3.83. The molecule has 1 saturated heterocycles. The summed E-state index contributed by atoms with van der Waals surface area (Å²) in [6, 6.07) is 1.50. The molecule has 1 heterocycles. The zero-order chi connectivity index (χ0) is 21.2. The van der Waals surface area contributed by atoms with Crippen LogP contribution in [0.3, 0.4) is 0 Å². The predicted octanol–water partition coefficient (Wildman–Crippen LogP) is 1.87. The highest BCUT2D eigenvalue weighted by atomic mass is 19.2. The molecular formula is C19H20F3N3O4. The number of anilines is 1. The summed E-state index contributed by atoms with van der Waals surface area (Å²) in [4.78, 5) is 49.6. The molecule has 2 aliphatic rings. The van der Waals surface area contributed by atoms with E-state index in [0.29, 0.717) is 18.9 Å². The van der Waals surface area contributed by atoms with E-state index in [9.17, 15) is 32.3 Å². The van der Waals surface area contributed by atoms with Crippen molar-refractivity contribution in [3.8, 4) is 0 Å². The average Bonchev–Trinajstić information content (AvgIpc) is 2.91. The maximum atomic E-state index is 13.6. The molecule has 0 bridgehead atoms. The van der Waals surface area contributed by atoms with Crippen LogP contribution in [0.25, 0.3) is 0 Å². The Balaban J connectivity index is 1.52. The minimum atomic E-state index is -1.73. The number of likely N-dealkylation sites (tertiary alicyclic amines) is 1. The summed E-state index contributed by atoms with van der Waals surface area (Å²) >= 11 is 0. The van der Waals surface area contributed by atoms with Crippen molar-refractivity contribution in [3.63, 3.8) is 0 Å². The molecule has 0 aromatic heterocycles. The molecule has 1 aliphatic heterocycles. The summed E-state index contributed by atoms with van der Waals surface area (Å²) in [5.41, 5.74) is -1.29. The molecule has 1 aliphatic carbocycles. The summed E-state index contributed by atoms with van der Waals surface area (Å²) in [5.74, 6) is -7.08. The van der Waals surface area contributed by atoms with Crippen LogP contribution in [0.15, 0.2) is 12.1 Å². The molecule has 1 saturated carbocycles. The average molecular weight is 411 g/mol. The van der Waals surface area contributed by atoms with Crippen molar-refractivity contribution in [2.45, 2.75) is 38.5 Å². The lowest BCUT2D eigenvalue weighted by Gasteiger charge is -2.30. The second kappa shape index (κ2) is 8.22. The van der Waals surface area contributed by atoms with Gasteiger partial charge in [-0.3, -0.25) is 24.1 Å². The monoisotopic (exact) mass is 411 g/mol. The Morgan fingerprint density at radius 3 is 2.38 bits per heavy atom.